The molecule has 0 saturated carbocycles. The molecule has 0 fully saturated rings. The monoisotopic (exact) mass is 323 g/mol. The highest BCUT2D eigenvalue weighted by molar-refractivity contribution is 6.31. The first-order valence-corrected chi connectivity index (χ1v) is 7.56. The van der Waals surface area contributed by atoms with Crippen molar-refractivity contribution in [2.24, 2.45) is 0 Å². The van der Waals surface area contributed by atoms with Crippen molar-refractivity contribution in [1.82, 2.24) is 5.32 Å². The van der Waals surface area contributed by atoms with E-state index in [1.807, 2.05) is 36.4 Å². The molecular weight excluding hydrogens is 305 g/mol. The second-order valence-corrected chi connectivity index (χ2v) is 6.79. The molecule has 0 aromatic heterocycles. The lowest BCUT2D eigenvalue weighted by molar-refractivity contribution is 0.414. The Kier molecular flexibility index (Phi) is 5.15. The standard InChI is InChI=1S/C17H19Cl2NO/c1-17(2,3)20-11-12-9-14(19)7-8-16(12)21-15-6-4-5-13(18)10-15/h4-10,20H,11H2,1-3H3. The number of rotatable bonds is 4. The molecule has 0 atom stereocenters. The van der Waals surface area contributed by atoms with Gasteiger partial charge in [0, 0.05) is 27.7 Å². The quantitative estimate of drug-likeness (QED) is 0.782. The molecule has 112 valence electrons. The molecule has 2 aromatic carbocycles. The molecule has 0 radical (unpaired) electrons. The molecule has 0 amide bonds. The minimum Gasteiger partial charge on any atom is -0.457 e. The predicted molar refractivity (Wildman–Crippen MR) is 89.6 cm³/mol. The number of ether oxygens (including phenoxy) is 1. The number of hydrogen-bond acceptors (Lipinski definition) is 2. The van der Waals surface area contributed by atoms with Gasteiger partial charge in [-0.25, -0.2) is 0 Å². The van der Waals surface area contributed by atoms with Crippen molar-refractivity contribution in [3.63, 3.8) is 0 Å². The van der Waals surface area contributed by atoms with Crippen LogP contribution in [0, 0.1) is 0 Å². The van der Waals surface area contributed by atoms with Gasteiger partial charge in [-0.2, -0.15) is 0 Å². The maximum absolute atomic E-state index is 6.09. The van der Waals surface area contributed by atoms with E-state index in [9.17, 15) is 0 Å². The van der Waals surface area contributed by atoms with E-state index >= 15 is 0 Å². The third kappa shape index (κ3) is 5.24. The smallest absolute Gasteiger partial charge is 0.132 e. The average Bonchev–Trinajstić information content (AvgIpc) is 2.38. The molecule has 0 heterocycles. The molecule has 0 aliphatic carbocycles. The Bertz CT molecular complexity index is 620. The fraction of sp³-hybridized carbons (Fsp3) is 0.294. The van der Waals surface area contributed by atoms with Gasteiger partial charge in [0.1, 0.15) is 11.5 Å². The van der Waals surface area contributed by atoms with Crippen LogP contribution >= 0.6 is 23.2 Å². The van der Waals surface area contributed by atoms with Crippen LogP contribution in [-0.4, -0.2) is 5.54 Å². The summed E-state index contributed by atoms with van der Waals surface area (Å²) >= 11 is 12.1. The summed E-state index contributed by atoms with van der Waals surface area (Å²) in [4.78, 5) is 0. The zero-order valence-electron chi connectivity index (χ0n) is 12.4. The molecule has 0 bridgehead atoms. The van der Waals surface area contributed by atoms with Crippen molar-refractivity contribution in [1.29, 1.82) is 0 Å². The SMILES string of the molecule is CC(C)(C)NCc1cc(Cl)ccc1Oc1cccc(Cl)c1. The second-order valence-electron chi connectivity index (χ2n) is 5.92. The van der Waals surface area contributed by atoms with Gasteiger partial charge in [-0.15, -0.1) is 0 Å². The first-order valence-electron chi connectivity index (χ1n) is 6.80. The van der Waals surface area contributed by atoms with Gasteiger partial charge in [-0.1, -0.05) is 29.3 Å². The summed E-state index contributed by atoms with van der Waals surface area (Å²) in [5.74, 6) is 1.49. The summed E-state index contributed by atoms with van der Waals surface area (Å²) < 4.78 is 5.93. The Hall–Kier alpha value is -1.22. The molecule has 21 heavy (non-hydrogen) atoms. The summed E-state index contributed by atoms with van der Waals surface area (Å²) in [5, 5.41) is 4.78. The molecule has 2 rings (SSSR count). The fourth-order valence-corrected chi connectivity index (χ4v) is 2.18. The summed E-state index contributed by atoms with van der Waals surface area (Å²) in [6.45, 7) is 7.04. The number of halogens is 2. The summed E-state index contributed by atoms with van der Waals surface area (Å²) in [6, 6.07) is 13.0. The van der Waals surface area contributed by atoms with Crippen molar-refractivity contribution in [2.45, 2.75) is 32.9 Å². The lowest BCUT2D eigenvalue weighted by Gasteiger charge is -2.21. The van der Waals surface area contributed by atoms with Crippen LogP contribution in [0.4, 0.5) is 0 Å². The van der Waals surface area contributed by atoms with Crippen molar-refractivity contribution in [2.75, 3.05) is 0 Å². The zero-order chi connectivity index (χ0) is 15.5. The van der Waals surface area contributed by atoms with Crippen molar-refractivity contribution >= 4 is 23.2 Å². The zero-order valence-corrected chi connectivity index (χ0v) is 13.9. The second kappa shape index (κ2) is 6.69. The molecule has 2 nitrogen and oxygen atoms in total. The van der Waals surface area contributed by atoms with Crippen LogP contribution in [0.2, 0.25) is 10.0 Å². The molecular formula is C17H19Cl2NO. The summed E-state index contributed by atoms with van der Waals surface area (Å²) in [5.41, 5.74) is 1.03. The summed E-state index contributed by atoms with van der Waals surface area (Å²) in [7, 11) is 0. The van der Waals surface area contributed by atoms with Crippen LogP contribution in [-0.2, 0) is 6.54 Å². The minimum absolute atomic E-state index is 0.0235. The van der Waals surface area contributed by atoms with E-state index in [4.69, 9.17) is 27.9 Å². The highest BCUT2D eigenvalue weighted by Crippen LogP contribution is 2.29. The van der Waals surface area contributed by atoms with E-state index in [1.165, 1.54) is 0 Å². The Balaban J connectivity index is 2.22. The van der Waals surface area contributed by atoms with E-state index in [2.05, 4.69) is 26.1 Å². The van der Waals surface area contributed by atoms with Gasteiger partial charge < -0.3 is 10.1 Å². The maximum atomic E-state index is 6.09. The van der Waals surface area contributed by atoms with Gasteiger partial charge >= 0.3 is 0 Å². The van der Waals surface area contributed by atoms with E-state index in [1.54, 1.807) is 6.07 Å². The highest BCUT2D eigenvalue weighted by atomic mass is 35.5. The molecule has 4 heteroatoms. The van der Waals surface area contributed by atoms with E-state index in [0.717, 1.165) is 11.3 Å². The highest BCUT2D eigenvalue weighted by Gasteiger charge is 2.12. The van der Waals surface area contributed by atoms with Crippen LogP contribution in [0.3, 0.4) is 0 Å². The van der Waals surface area contributed by atoms with Gasteiger partial charge in [-0.3, -0.25) is 0 Å². The average molecular weight is 324 g/mol. The predicted octanol–water partition coefficient (Wildman–Crippen LogP) is 5.67. The lowest BCUT2D eigenvalue weighted by atomic mass is 10.1. The fourth-order valence-electron chi connectivity index (χ4n) is 1.80. The van der Waals surface area contributed by atoms with Crippen molar-refractivity contribution < 1.29 is 4.74 Å². The van der Waals surface area contributed by atoms with Gasteiger partial charge in [0.2, 0.25) is 0 Å². The third-order valence-corrected chi connectivity index (χ3v) is 3.33. The van der Waals surface area contributed by atoms with Gasteiger partial charge in [0.25, 0.3) is 0 Å². The molecule has 0 saturated heterocycles. The Labute approximate surface area is 136 Å². The van der Waals surface area contributed by atoms with E-state index in [0.29, 0.717) is 22.3 Å². The first kappa shape index (κ1) is 16.2. The van der Waals surface area contributed by atoms with Crippen molar-refractivity contribution in [3.8, 4) is 11.5 Å². The number of nitrogens with one attached hydrogen (secondary N) is 1. The molecule has 0 aliphatic rings. The Morgan fingerprint density at radius 2 is 1.71 bits per heavy atom. The van der Waals surface area contributed by atoms with Crippen LogP contribution in [0.1, 0.15) is 26.3 Å². The molecule has 2 aromatic rings. The van der Waals surface area contributed by atoms with Gasteiger partial charge in [0.15, 0.2) is 0 Å². The molecule has 1 N–H and O–H groups in total. The molecule has 0 aliphatic heterocycles. The van der Waals surface area contributed by atoms with Crippen LogP contribution in [0.25, 0.3) is 0 Å². The van der Waals surface area contributed by atoms with Crippen LogP contribution in [0.15, 0.2) is 42.5 Å². The normalized spacial score (nSPS) is 11.5. The molecule has 0 unspecified atom stereocenters. The molecule has 0 spiro atoms. The lowest BCUT2D eigenvalue weighted by Crippen LogP contribution is -2.35. The third-order valence-electron chi connectivity index (χ3n) is 2.86. The van der Waals surface area contributed by atoms with E-state index in [-0.39, 0.29) is 5.54 Å². The Morgan fingerprint density at radius 3 is 2.38 bits per heavy atom. The Morgan fingerprint density at radius 1 is 1.00 bits per heavy atom. The minimum atomic E-state index is 0.0235. The largest absolute Gasteiger partial charge is 0.457 e. The summed E-state index contributed by atoms with van der Waals surface area (Å²) in [6.07, 6.45) is 0. The van der Waals surface area contributed by atoms with Crippen LogP contribution < -0.4 is 10.1 Å². The van der Waals surface area contributed by atoms with Crippen molar-refractivity contribution in [3.05, 3.63) is 58.1 Å². The van der Waals surface area contributed by atoms with E-state index < -0.39 is 0 Å². The van der Waals surface area contributed by atoms with Gasteiger partial charge in [0.05, 0.1) is 0 Å². The van der Waals surface area contributed by atoms with Crippen LogP contribution in [0.5, 0.6) is 11.5 Å². The number of hydrogen-bond donors (Lipinski definition) is 1. The maximum Gasteiger partial charge on any atom is 0.132 e. The number of benzene rings is 2. The topological polar surface area (TPSA) is 21.3 Å². The van der Waals surface area contributed by atoms with Gasteiger partial charge in [-0.05, 0) is 57.2 Å². The first-order chi connectivity index (χ1) is 9.83.